The van der Waals surface area contributed by atoms with Gasteiger partial charge in [0.15, 0.2) is 0 Å². The summed E-state index contributed by atoms with van der Waals surface area (Å²) in [6.07, 6.45) is 0.952. The van der Waals surface area contributed by atoms with E-state index in [1.54, 1.807) is 14.2 Å². The molecule has 0 spiro atoms. The van der Waals surface area contributed by atoms with E-state index in [4.69, 9.17) is 15.2 Å². The summed E-state index contributed by atoms with van der Waals surface area (Å²) in [5.41, 5.74) is 9.51. The number of amides is 1. The lowest BCUT2D eigenvalue weighted by atomic mass is 9.66. The van der Waals surface area contributed by atoms with Crippen LogP contribution in [0.3, 0.4) is 0 Å². The van der Waals surface area contributed by atoms with E-state index < -0.39 is 0 Å². The largest absolute Gasteiger partial charge is 0.497 e. The Bertz CT molecular complexity index is 1130. The Morgan fingerprint density at radius 2 is 1.67 bits per heavy atom. The number of ether oxygens (including phenoxy) is 2. The van der Waals surface area contributed by atoms with Crippen molar-refractivity contribution in [3.63, 3.8) is 0 Å². The van der Waals surface area contributed by atoms with Crippen LogP contribution in [0.5, 0.6) is 11.5 Å². The van der Waals surface area contributed by atoms with Gasteiger partial charge in [-0.2, -0.15) is 0 Å². The lowest BCUT2D eigenvalue weighted by Gasteiger charge is -2.56. The number of methoxy groups -OCH3 is 2. The van der Waals surface area contributed by atoms with Gasteiger partial charge >= 0.3 is 0 Å². The van der Waals surface area contributed by atoms with Gasteiger partial charge in [-0.1, -0.05) is 60.7 Å². The molecule has 3 saturated heterocycles. The first-order chi connectivity index (χ1) is 17.6. The smallest absolute Gasteiger partial charge is 0.222 e. The molecular weight excluding hydrogens is 450 g/mol. The van der Waals surface area contributed by atoms with Gasteiger partial charge in [-0.15, -0.1) is 0 Å². The molecule has 3 aliphatic rings. The number of primary amides is 1. The van der Waals surface area contributed by atoms with Gasteiger partial charge in [-0.05, 0) is 48.2 Å². The molecule has 0 saturated carbocycles. The van der Waals surface area contributed by atoms with Gasteiger partial charge in [0, 0.05) is 36.7 Å². The topological polar surface area (TPSA) is 76.8 Å². The number of nitrogens with zero attached hydrogens (tertiary/aromatic N) is 1. The van der Waals surface area contributed by atoms with Crippen molar-refractivity contribution in [3.8, 4) is 11.5 Å². The number of hydrogen-bond acceptors (Lipinski definition) is 5. The Morgan fingerprint density at radius 1 is 1.00 bits per heavy atom. The third kappa shape index (κ3) is 4.71. The van der Waals surface area contributed by atoms with E-state index in [2.05, 4.69) is 70.9 Å². The predicted molar refractivity (Wildman–Crippen MR) is 141 cm³/mol. The number of carbonyl (C=O) groups excluding carboxylic acids is 1. The summed E-state index contributed by atoms with van der Waals surface area (Å²) in [6.45, 7) is 2.28. The Morgan fingerprint density at radius 3 is 2.25 bits per heavy atom. The van der Waals surface area contributed by atoms with Crippen LogP contribution in [0.25, 0.3) is 0 Å². The highest BCUT2D eigenvalue weighted by Crippen LogP contribution is 2.44. The quantitative estimate of drug-likeness (QED) is 0.482. The molecule has 3 aromatic carbocycles. The molecule has 5 unspecified atom stereocenters. The summed E-state index contributed by atoms with van der Waals surface area (Å²) in [6, 6.07) is 27.5. The molecule has 36 heavy (non-hydrogen) atoms. The summed E-state index contributed by atoms with van der Waals surface area (Å²) < 4.78 is 11.1. The van der Waals surface area contributed by atoms with Gasteiger partial charge in [0.25, 0.3) is 0 Å². The van der Waals surface area contributed by atoms with Crippen molar-refractivity contribution in [2.75, 3.05) is 27.3 Å². The standard InChI is InChI=1S/C30H35N3O3/c1-35-23-13-14-26(36-2)22(17-23)18-32-28-24-15-16-33(19-25(24)30(31)34)29(28)27(20-9-5-3-6-10-20)21-11-7-4-8-12-21/h3-14,17,24-25,27-29,32H,15-16,18-19H2,1-2H3,(H2,31,34). The predicted octanol–water partition coefficient (Wildman–Crippen LogP) is 3.80. The molecule has 0 radical (unpaired) electrons. The van der Waals surface area contributed by atoms with Crippen LogP contribution in [-0.2, 0) is 11.3 Å². The molecule has 3 aromatic rings. The number of benzene rings is 3. The zero-order valence-corrected chi connectivity index (χ0v) is 21.0. The van der Waals surface area contributed by atoms with Crippen molar-refractivity contribution < 1.29 is 14.3 Å². The summed E-state index contributed by atoms with van der Waals surface area (Å²) in [5, 5.41) is 3.87. The number of rotatable bonds is 9. The van der Waals surface area contributed by atoms with E-state index in [0.717, 1.165) is 30.0 Å². The first-order valence-electron chi connectivity index (χ1n) is 12.7. The number of piperidine rings is 3. The molecule has 188 valence electrons. The van der Waals surface area contributed by atoms with E-state index >= 15 is 0 Å². The van der Waals surface area contributed by atoms with Crippen LogP contribution in [0.2, 0.25) is 0 Å². The normalized spacial score (nSPS) is 25.0. The van der Waals surface area contributed by atoms with E-state index in [1.807, 2.05) is 18.2 Å². The maximum absolute atomic E-state index is 12.5. The molecule has 0 aliphatic carbocycles. The van der Waals surface area contributed by atoms with Crippen molar-refractivity contribution in [1.82, 2.24) is 10.2 Å². The molecule has 1 amide bonds. The van der Waals surface area contributed by atoms with Gasteiger partial charge < -0.3 is 20.5 Å². The van der Waals surface area contributed by atoms with Gasteiger partial charge in [-0.3, -0.25) is 9.69 Å². The minimum atomic E-state index is -0.204. The number of nitrogens with one attached hydrogen (secondary N) is 1. The highest BCUT2D eigenvalue weighted by molar-refractivity contribution is 5.77. The molecule has 3 N–H and O–H groups in total. The zero-order valence-electron chi connectivity index (χ0n) is 21.0. The van der Waals surface area contributed by atoms with Crippen LogP contribution in [0, 0.1) is 11.8 Å². The maximum atomic E-state index is 12.5. The SMILES string of the molecule is COc1ccc(OC)c(CNC2C3CCN(CC3C(N)=O)C2C(c2ccccc2)c2ccccc2)c1. The first-order valence-corrected chi connectivity index (χ1v) is 12.7. The van der Waals surface area contributed by atoms with Crippen LogP contribution >= 0.6 is 0 Å². The summed E-state index contributed by atoms with van der Waals surface area (Å²) >= 11 is 0. The van der Waals surface area contributed by atoms with Crippen LogP contribution in [0.15, 0.2) is 78.9 Å². The van der Waals surface area contributed by atoms with Gasteiger partial charge in [0.05, 0.1) is 20.1 Å². The molecule has 0 aromatic heterocycles. The fraction of sp³-hybridized carbons (Fsp3) is 0.367. The van der Waals surface area contributed by atoms with E-state index in [1.165, 1.54) is 11.1 Å². The molecule has 5 atom stereocenters. The second kappa shape index (κ2) is 10.7. The van der Waals surface area contributed by atoms with Crippen molar-refractivity contribution in [1.29, 1.82) is 0 Å². The Hall–Kier alpha value is -3.35. The Balaban J connectivity index is 1.54. The number of carbonyl (C=O) groups is 1. The second-order valence-corrected chi connectivity index (χ2v) is 9.83. The second-order valence-electron chi connectivity index (χ2n) is 9.83. The van der Waals surface area contributed by atoms with Gasteiger partial charge in [-0.25, -0.2) is 0 Å². The highest BCUT2D eigenvalue weighted by Gasteiger charge is 2.51. The summed E-state index contributed by atoms with van der Waals surface area (Å²) in [7, 11) is 3.36. The van der Waals surface area contributed by atoms with E-state index in [-0.39, 0.29) is 35.7 Å². The molecule has 2 bridgehead atoms. The van der Waals surface area contributed by atoms with Gasteiger partial charge in [0.1, 0.15) is 11.5 Å². The lowest BCUT2D eigenvalue weighted by molar-refractivity contribution is -0.132. The first kappa shape index (κ1) is 24.3. The minimum Gasteiger partial charge on any atom is -0.497 e. The number of hydrogen-bond donors (Lipinski definition) is 2. The molecule has 6 heteroatoms. The van der Waals surface area contributed by atoms with Crippen molar-refractivity contribution >= 4 is 5.91 Å². The van der Waals surface area contributed by atoms with Crippen molar-refractivity contribution in [3.05, 3.63) is 95.6 Å². The van der Waals surface area contributed by atoms with Crippen molar-refractivity contribution in [2.24, 2.45) is 17.6 Å². The molecular formula is C30H35N3O3. The molecule has 6 rings (SSSR count). The van der Waals surface area contributed by atoms with E-state index in [0.29, 0.717) is 13.1 Å². The van der Waals surface area contributed by atoms with Gasteiger partial charge in [0.2, 0.25) is 5.91 Å². The van der Waals surface area contributed by atoms with E-state index in [9.17, 15) is 4.79 Å². The summed E-state index contributed by atoms with van der Waals surface area (Å²) in [4.78, 5) is 15.0. The molecule has 3 aliphatic heterocycles. The van der Waals surface area contributed by atoms with Crippen LogP contribution in [-0.4, -0.2) is 50.2 Å². The average Bonchev–Trinajstić information content (AvgIpc) is 2.93. The average molecular weight is 486 g/mol. The number of fused-ring (bicyclic) bond motifs is 3. The number of nitrogens with two attached hydrogens (primary N) is 1. The minimum absolute atomic E-state index is 0.0753. The third-order valence-electron chi connectivity index (χ3n) is 7.99. The molecule has 3 heterocycles. The lowest BCUT2D eigenvalue weighted by Crippen LogP contribution is -2.68. The molecule has 3 fully saturated rings. The van der Waals surface area contributed by atoms with Crippen LogP contribution in [0.1, 0.15) is 29.0 Å². The Kier molecular flexibility index (Phi) is 7.25. The third-order valence-corrected chi connectivity index (χ3v) is 7.99. The zero-order chi connectivity index (χ0) is 25.1. The van der Waals surface area contributed by atoms with Crippen molar-refractivity contribution in [2.45, 2.75) is 31.0 Å². The van der Waals surface area contributed by atoms with Crippen LogP contribution in [0.4, 0.5) is 0 Å². The Labute approximate surface area is 213 Å². The fourth-order valence-electron chi connectivity index (χ4n) is 6.32. The molecule has 6 nitrogen and oxygen atoms in total. The summed E-state index contributed by atoms with van der Waals surface area (Å²) in [5.74, 6) is 1.57. The monoisotopic (exact) mass is 485 g/mol. The highest BCUT2D eigenvalue weighted by atomic mass is 16.5. The fourth-order valence-corrected chi connectivity index (χ4v) is 6.32. The van der Waals surface area contributed by atoms with Crippen LogP contribution < -0.4 is 20.5 Å². The maximum Gasteiger partial charge on any atom is 0.222 e.